The second kappa shape index (κ2) is 9.23. The number of aryl methyl sites for hydroxylation is 1. The van der Waals surface area contributed by atoms with Crippen molar-refractivity contribution in [2.75, 3.05) is 36.0 Å². The van der Waals surface area contributed by atoms with Gasteiger partial charge in [0.25, 0.3) is 0 Å². The van der Waals surface area contributed by atoms with Crippen LogP contribution in [-0.4, -0.2) is 60.5 Å². The molecule has 9 nitrogen and oxygen atoms in total. The Morgan fingerprint density at radius 3 is 2.22 bits per heavy atom. The molecule has 6 rings (SSSR count). The maximum absolute atomic E-state index is 14.2. The van der Waals surface area contributed by atoms with E-state index in [4.69, 9.17) is 0 Å². The Morgan fingerprint density at radius 2 is 1.54 bits per heavy atom. The first-order valence-electron chi connectivity index (χ1n) is 12.1. The van der Waals surface area contributed by atoms with E-state index in [-0.39, 0.29) is 5.56 Å². The van der Waals surface area contributed by atoms with Crippen LogP contribution in [0.1, 0.15) is 24.0 Å². The van der Waals surface area contributed by atoms with Crippen LogP contribution >= 0.6 is 0 Å². The first-order valence-corrected chi connectivity index (χ1v) is 12.1. The average Bonchev–Trinajstić information content (AvgIpc) is 3.55. The Labute approximate surface area is 212 Å². The summed E-state index contributed by atoms with van der Waals surface area (Å²) in [5, 5.41) is 8.64. The third-order valence-electron chi connectivity index (χ3n) is 6.88. The summed E-state index contributed by atoms with van der Waals surface area (Å²) >= 11 is 0. The van der Waals surface area contributed by atoms with E-state index in [2.05, 4.69) is 41.0 Å². The predicted molar refractivity (Wildman–Crippen MR) is 136 cm³/mol. The predicted octanol–water partition coefficient (Wildman–Crippen LogP) is 3.68. The number of aromatic nitrogens is 7. The van der Waals surface area contributed by atoms with Gasteiger partial charge in [-0.1, -0.05) is 13.0 Å². The summed E-state index contributed by atoms with van der Waals surface area (Å²) in [6, 6.07) is 5.98. The van der Waals surface area contributed by atoms with Crippen molar-refractivity contribution in [2.45, 2.75) is 12.8 Å². The quantitative estimate of drug-likeness (QED) is 0.364. The molecule has 188 valence electrons. The van der Waals surface area contributed by atoms with Crippen molar-refractivity contribution in [3.63, 3.8) is 0 Å². The molecule has 5 heterocycles. The highest BCUT2D eigenvalue weighted by Crippen LogP contribution is 2.29. The van der Waals surface area contributed by atoms with E-state index in [0.717, 1.165) is 35.6 Å². The van der Waals surface area contributed by atoms with Gasteiger partial charge >= 0.3 is 0 Å². The molecule has 37 heavy (non-hydrogen) atoms. The highest BCUT2D eigenvalue weighted by atomic mass is 19.1. The van der Waals surface area contributed by atoms with Crippen LogP contribution in [0, 0.1) is 11.6 Å². The monoisotopic (exact) mass is 501 g/mol. The largest absolute Gasteiger partial charge is 0.351 e. The maximum Gasteiger partial charge on any atom is 0.225 e. The Kier molecular flexibility index (Phi) is 5.74. The van der Waals surface area contributed by atoms with Gasteiger partial charge in [0.2, 0.25) is 5.95 Å². The summed E-state index contributed by atoms with van der Waals surface area (Å²) in [7, 11) is 1.89. The molecule has 0 aliphatic carbocycles. The number of hydrogen-bond acceptors (Lipinski definition) is 7. The van der Waals surface area contributed by atoms with E-state index in [1.54, 1.807) is 30.3 Å². The smallest absolute Gasteiger partial charge is 0.225 e. The second-order valence-corrected chi connectivity index (χ2v) is 9.19. The van der Waals surface area contributed by atoms with Gasteiger partial charge in [-0.2, -0.15) is 10.2 Å². The molecule has 11 heteroatoms. The SMILES string of the molecule is C[C@@H](c1cnc(N2CCN(c3ncnn4cc(-c5cnn(C)c5)cc34)CC2)nc1)c1c(F)cccc1F. The van der Waals surface area contributed by atoms with Crippen molar-refractivity contribution in [3.8, 4) is 11.1 Å². The van der Waals surface area contributed by atoms with Crippen molar-refractivity contribution < 1.29 is 8.78 Å². The first-order chi connectivity index (χ1) is 18.0. The van der Waals surface area contributed by atoms with Crippen molar-refractivity contribution in [1.29, 1.82) is 0 Å². The molecule has 0 bridgehead atoms. The Bertz CT molecular complexity index is 1530. The molecule has 0 amide bonds. The lowest BCUT2D eigenvalue weighted by atomic mass is 9.94. The second-order valence-electron chi connectivity index (χ2n) is 9.19. The van der Waals surface area contributed by atoms with Crippen LogP contribution in [0.3, 0.4) is 0 Å². The third-order valence-corrected chi connectivity index (χ3v) is 6.88. The lowest BCUT2D eigenvalue weighted by Crippen LogP contribution is -2.47. The van der Waals surface area contributed by atoms with E-state index in [1.807, 2.05) is 30.2 Å². The number of hydrogen-bond donors (Lipinski definition) is 0. The minimum atomic E-state index is -0.568. The van der Waals surface area contributed by atoms with Gasteiger partial charge in [-0.05, 0) is 23.8 Å². The number of fused-ring (bicyclic) bond motifs is 1. The van der Waals surface area contributed by atoms with Crippen LogP contribution in [0.4, 0.5) is 20.5 Å². The molecular formula is C26H25F2N9. The van der Waals surface area contributed by atoms with Gasteiger partial charge < -0.3 is 9.80 Å². The highest BCUT2D eigenvalue weighted by Gasteiger charge is 2.23. The number of piperazine rings is 1. The molecule has 1 saturated heterocycles. The lowest BCUT2D eigenvalue weighted by Gasteiger charge is -2.35. The summed E-state index contributed by atoms with van der Waals surface area (Å²) in [6.45, 7) is 4.65. The molecule has 1 aliphatic rings. The van der Waals surface area contributed by atoms with E-state index in [0.29, 0.717) is 24.6 Å². The zero-order valence-corrected chi connectivity index (χ0v) is 20.5. The van der Waals surface area contributed by atoms with E-state index < -0.39 is 17.6 Å². The zero-order valence-electron chi connectivity index (χ0n) is 20.5. The minimum Gasteiger partial charge on any atom is -0.351 e. The number of rotatable bonds is 5. The van der Waals surface area contributed by atoms with Crippen LogP contribution in [0.25, 0.3) is 16.6 Å². The van der Waals surface area contributed by atoms with Gasteiger partial charge in [-0.25, -0.2) is 28.2 Å². The van der Waals surface area contributed by atoms with Crippen LogP contribution in [0.5, 0.6) is 0 Å². The topological polar surface area (TPSA) is 80.3 Å². The highest BCUT2D eigenvalue weighted by molar-refractivity contribution is 5.77. The maximum atomic E-state index is 14.2. The van der Waals surface area contributed by atoms with Crippen LogP contribution in [0.15, 0.2) is 61.6 Å². The molecule has 0 N–H and O–H groups in total. The number of anilines is 2. The third kappa shape index (κ3) is 4.26. The Morgan fingerprint density at radius 1 is 0.838 bits per heavy atom. The van der Waals surface area contributed by atoms with Crippen LogP contribution in [0.2, 0.25) is 0 Å². The molecule has 4 aromatic heterocycles. The van der Waals surface area contributed by atoms with Gasteiger partial charge in [0.15, 0.2) is 5.82 Å². The number of halogens is 2. The van der Waals surface area contributed by atoms with Gasteiger partial charge in [-0.3, -0.25) is 4.68 Å². The van der Waals surface area contributed by atoms with Gasteiger partial charge in [-0.15, -0.1) is 0 Å². The average molecular weight is 502 g/mol. The normalized spacial score (nSPS) is 14.9. The van der Waals surface area contributed by atoms with Crippen molar-refractivity contribution >= 4 is 17.3 Å². The van der Waals surface area contributed by atoms with Crippen molar-refractivity contribution in [3.05, 3.63) is 84.3 Å². The molecule has 1 aromatic carbocycles. The number of nitrogens with zero attached hydrogens (tertiary/aromatic N) is 9. The Hall–Kier alpha value is -4.41. The fourth-order valence-corrected chi connectivity index (χ4v) is 4.82. The molecule has 0 spiro atoms. The fraction of sp³-hybridized carbons (Fsp3) is 0.269. The summed E-state index contributed by atoms with van der Waals surface area (Å²) in [5.41, 5.74) is 3.68. The van der Waals surface area contributed by atoms with Crippen molar-refractivity contribution in [2.24, 2.45) is 7.05 Å². The van der Waals surface area contributed by atoms with E-state index in [9.17, 15) is 8.78 Å². The molecule has 0 radical (unpaired) electrons. The summed E-state index contributed by atoms with van der Waals surface area (Å²) in [5.74, 6) is -0.157. The molecular weight excluding hydrogens is 476 g/mol. The summed E-state index contributed by atoms with van der Waals surface area (Å²) in [4.78, 5) is 17.9. The molecule has 0 unspecified atom stereocenters. The van der Waals surface area contributed by atoms with Gasteiger partial charge in [0, 0.05) is 80.6 Å². The molecule has 1 atom stereocenters. The fourth-order valence-electron chi connectivity index (χ4n) is 4.82. The van der Waals surface area contributed by atoms with Crippen molar-refractivity contribution in [1.82, 2.24) is 34.3 Å². The standard InChI is InChI=1S/C26H25F2N9/c1-17(24-21(27)4-3-5-22(24)28)19-11-29-26(30-12-19)36-8-6-35(7-9-36)25-23-10-18(15-37(23)33-16-31-25)20-13-32-34(2)14-20/h3-5,10-17H,6-9H2,1-2H3/t17-/m0/s1. The molecule has 1 fully saturated rings. The number of benzene rings is 1. The summed E-state index contributed by atoms with van der Waals surface area (Å²) in [6.07, 6.45) is 10.7. The molecule has 0 saturated carbocycles. The lowest BCUT2D eigenvalue weighted by molar-refractivity contribution is 0.546. The van der Waals surface area contributed by atoms with Gasteiger partial charge in [0.1, 0.15) is 23.5 Å². The first kappa shape index (κ1) is 23.0. The van der Waals surface area contributed by atoms with E-state index >= 15 is 0 Å². The van der Waals surface area contributed by atoms with Gasteiger partial charge in [0.05, 0.1) is 6.20 Å². The molecule has 5 aromatic rings. The summed E-state index contributed by atoms with van der Waals surface area (Å²) < 4.78 is 32.0. The Balaban J connectivity index is 1.16. The van der Waals surface area contributed by atoms with Crippen LogP contribution < -0.4 is 9.80 Å². The zero-order chi connectivity index (χ0) is 25.5. The van der Waals surface area contributed by atoms with Crippen LogP contribution in [-0.2, 0) is 7.05 Å². The minimum absolute atomic E-state index is 0.0284. The van der Waals surface area contributed by atoms with E-state index in [1.165, 1.54) is 18.2 Å². The molecule has 1 aliphatic heterocycles.